The molecule has 2 atom stereocenters. The predicted molar refractivity (Wildman–Crippen MR) is 91.7 cm³/mol. The molecule has 118 valence electrons. The highest BCUT2D eigenvalue weighted by Crippen LogP contribution is 2.24. The minimum Gasteiger partial charge on any atom is -0.309 e. The van der Waals surface area contributed by atoms with Crippen LogP contribution in [0.3, 0.4) is 0 Å². The summed E-state index contributed by atoms with van der Waals surface area (Å²) in [5.41, 5.74) is 2.88. The van der Waals surface area contributed by atoms with Crippen molar-refractivity contribution in [2.75, 3.05) is 19.6 Å². The molecule has 2 nitrogen and oxygen atoms in total. The number of hydrogen-bond acceptors (Lipinski definition) is 2. The second-order valence-corrected chi connectivity index (χ2v) is 6.30. The number of nitrogens with zero attached hydrogens (tertiary/aromatic N) is 1. The minimum atomic E-state index is 0.475. The normalized spacial score (nSPS) is 20.8. The largest absolute Gasteiger partial charge is 0.309 e. The number of likely N-dealkylation sites (tertiary alicyclic amines) is 1. The zero-order chi connectivity index (χ0) is 15.1. The van der Waals surface area contributed by atoms with E-state index in [2.05, 4.69) is 55.3 Å². The monoisotopic (exact) mass is 288 g/mol. The Balaban J connectivity index is 2.05. The van der Waals surface area contributed by atoms with Crippen LogP contribution in [0.2, 0.25) is 0 Å². The lowest BCUT2D eigenvalue weighted by Gasteiger charge is -2.29. The second kappa shape index (κ2) is 8.55. The van der Waals surface area contributed by atoms with Crippen molar-refractivity contribution in [3.05, 3.63) is 35.4 Å². The molecule has 0 spiro atoms. The van der Waals surface area contributed by atoms with Gasteiger partial charge in [-0.2, -0.15) is 0 Å². The molecule has 1 heterocycles. The fourth-order valence-corrected chi connectivity index (χ4v) is 3.42. The van der Waals surface area contributed by atoms with Gasteiger partial charge in [0.2, 0.25) is 0 Å². The average molecular weight is 288 g/mol. The molecule has 1 saturated heterocycles. The standard InChI is InChI=1S/C19H32N2/c1-4-13-20-19(15-21-14-7-8-18(21)6-3)17-11-9-16(5-2)10-12-17/h9-12,18-20H,4-8,13-15H2,1-3H3. The van der Waals surface area contributed by atoms with Crippen LogP contribution in [-0.2, 0) is 6.42 Å². The molecule has 2 rings (SSSR count). The molecule has 1 aliphatic heterocycles. The van der Waals surface area contributed by atoms with Gasteiger partial charge in [0.05, 0.1) is 0 Å². The summed E-state index contributed by atoms with van der Waals surface area (Å²) < 4.78 is 0. The van der Waals surface area contributed by atoms with Gasteiger partial charge in [-0.05, 0) is 56.3 Å². The Kier molecular flexibility index (Phi) is 6.72. The third-order valence-corrected chi connectivity index (χ3v) is 4.82. The van der Waals surface area contributed by atoms with E-state index in [1.54, 1.807) is 0 Å². The van der Waals surface area contributed by atoms with Crippen molar-refractivity contribution in [1.29, 1.82) is 0 Å². The summed E-state index contributed by atoms with van der Waals surface area (Å²) in [6.45, 7) is 10.3. The highest BCUT2D eigenvalue weighted by Gasteiger charge is 2.25. The van der Waals surface area contributed by atoms with E-state index in [4.69, 9.17) is 0 Å². The van der Waals surface area contributed by atoms with Crippen molar-refractivity contribution in [3.63, 3.8) is 0 Å². The highest BCUT2D eigenvalue weighted by atomic mass is 15.2. The van der Waals surface area contributed by atoms with Gasteiger partial charge in [0.25, 0.3) is 0 Å². The van der Waals surface area contributed by atoms with Gasteiger partial charge in [-0.1, -0.05) is 45.0 Å². The van der Waals surface area contributed by atoms with Crippen molar-refractivity contribution in [1.82, 2.24) is 10.2 Å². The average Bonchev–Trinajstić information content (AvgIpc) is 2.98. The Labute approximate surface area is 130 Å². The SMILES string of the molecule is CCCNC(CN1CCCC1CC)c1ccc(CC)cc1. The van der Waals surface area contributed by atoms with Crippen LogP contribution >= 0.6 is 0 Å². The lowest BCUT2D eigenvalue weighted by atomic mass is 10.0. The molecule has 0 aliphatic carbocycles. The van der Waals surface area contributed by atoms with E-state index in [9.17, 15) is 0 Å². The van der Waals surface area contributed by atoms with Crippen molar-refractivity contribution in [2.24, 2.45) is 0 Å². The molecule has 21 heavy (non-hydrogen) atoms. The fourth-order valence-electron chi connectivity index (χ4n) is 3.42. The Morgan fingerprint density at radius 1 is 1.19 bits per heavy atom. The van der Waals surface area contributed by atoms with Crippen molar-refractivity contribution in [3.8, 4) is 0 Å². The lowest BCUT2D eigenvalue weighted by molar-refractivity contribution is 0.221. The first-order chi connectivity index (χ1) is 10.3. The second-order valence-electron chi connectivity index (χ2n) is 6.30. The summed E-state index contributed by atoms with van der Waals surface area (Å²) in [7, 11) is 0. The molecular formula is C19H32N2. The van der Waals surface area contributed by atoms with Crippen LogP contribution in [0, 0.1) is 0 Å². The molecule has 0 saturated carbocycles. The molecule has 0 aromatic heterocycles. The smallest absolute Gasteiger partial charge is 0.0449 e. The Morgan fingerprint density at radius 2 is 1.95 bits per heavy atom. The Morgan fingerprint density at radius 3 is 2.57 bits per heavy atom. The maximum absolute atomic E-state index is 3.75. The van der Waals surface area contributed by atoms with Gasteiger partial charge < -0.3 is 5.32 Å². The van der Waals surface area contributed by atoms with Gasteiger partial charge in [0.15, 0.2) is 0 Å². The first-order valence-corrected chi connectivity index (χ1v) is 8.84. The molecular weight excluding hydrogens is 256 g/mol. The first-order valence-electron chi connectivity index (χ1n) is 8.84. The third kappa shape index (κ3) is 4.55. The van der Waals surface area contributed by atoms with E-state index in [0.29, 0.717) is 6.04 Å². The number of benzene rings is 1. The number of hydrogen-bond donors (Lipinski definition) is 1. The summed E-state index contributed by atoms with van der Waals surface area (Å²) >= 11 is 0. The molecule has 0 radical (unpaired) electrons. The molecule has 1 aromatic carbocycles. The van der Waals surface area contributed by atoms with Crippen LogP contribution in [0.25, 0.3) is 0 Å². The lowest BCUT2D eigenvalue weighted by Crippen LogP contribution is -2.38. The van der Waals surface area contributed by atoms with E-state index in [-0.39, 0.29) is 0 Å². The van der Waals surface area contributed by atoms with Gasteiger partial charge in [-0.3, -0.25) is 4.90 Å². The van der Waals surface area contributed by atoms with Crippen LogP contribution in [0.5, 0.6) is 0 Å². The predicted octanol–water partition coefficient (Wildman–Crippen LogP) is 4.16. The Hall–Kier alpha value is -0.860. The van der Waals surface area contributed by atoms with Crippen LogP contribution in [0.1, 0.15) is 63.6 Å². The molecule has 1 N–H and O–H groups in total. The molecule has 0 bridgehead atoms. The summed E-state index contributed by atoms with van der Waals surface area (Å²) in [6, 6.07) is 10.5. The van der Waals surface area contributed by atoms with E-state index in [1.165, 1.54) is 43.4 Å². The van der Waals surface area contributed by atoms with E-state index in [1.807, 2.05) is 0 Å². The fraction of sp³-hybridized carbons (Fsp3) is 0.684. The van der Waals surface area contributed by atoms with Crippen LogP contribution in [0.4, 0.5) is 0 Å². The van der Waals surface area contributed by atoms with Gasteiger partial charge in [-0.15, -0.1) is 0 Å². The maximum atomic E-state index is 3.75. The van der Waals surface area contributed by atoms with Crippen LogP contribution < -0.4 is 5.32 Å². The summed E-state index contributed by atoms with van der Waals surface area (Å²) in [5, 5.41) is 3.75. The zero-order valence-electron chi connectivity index (χ0n) is 14.1. The van der Waals surface area contributed by atoms with Gasteiger partial charge in [0.1, 0.15) is 0 Å². The topological polar surface area (TPSA) is 15.3 Å². The van der Waals surface area contributed by atoms with E-state index in [0.717, 1.165) is 25.6 Å². The number of aryl methyl sites for hydroxylation is 1. The molecule has 1 aliphatic rings. The van der Waals surface area contributed by atoms with Gasteiger partial charge in [0, 0.05) is 18.6 Å². The quantitative estimate of drug-likeness (QED) is 0.772. The van der Waals surface area contributed by atoms with E-state index >= 15 is 0 Å². The zero-order valence-corrected chi connectivity index (χ0v) is 14.1. The molecule has 1 aromatic rings. The van der Waals surface area contributed by atoms with Gasteiger partial charge >= 0.3 is 0 Å². The van der Waals surface area contributed by atoms with Crippen molar-refractivity contribution >= 4 is 0 Å². The number of nitrogens with one attached hydrogen (secondary N) is 1. The first kappa shape index (κ1) is 16.5. The summed E-state index contributed by atoms with van der Waals surface area (Å²) in [4.78, 5) is 2.70. The molecule has 2 heteroatoms. The highest BCUT2D eigenvalue weighted by molar-refractivity contribution is 5.25. The molecule has 0 amide bonds. The maximum Gasteiger partial charge on any atom is 0.0449 e. The van der Waals surface area contributed by atoms with Crippen LogP contribution in [0.15, 0.2) is 24.3 Å². The molecule has 2 unspecified atom stereocenters. The van der Waals surface area contributed by atoms with Crippen LogP contribution in [-0.4, -0.2) is 30.6 Å². The van der Waals surface area contributed by atoms with Crippen molar-refractivity contribution < 1.29 is 0 Å². The third-order valence-electron chi connectivity index (χ3n) is 4.82. The minimum absolute atomic E-state index is 0.475. The van der Waals surface area contributed by atoms with E-state index < -0.39 is 0 Å². The van der Waals surface area contributed by atoms with Crippen molar-refractivity contribution in [2.45, 2.75) is 65.0 Å². The molecule has 1 fully saturated rings. The Bertz CT molecular complexity index is 399. The van der Waals surface area contributed by atoms with Gasteiger partial charge in [-0.25, -0.2) is 0 Å². The summed E-state index contributed by atoms with van der Waals surface area (Å²) in [6.07, 6.45) is 6.35. The number of rotatable bonds is 8. The summed E-state index contributed by atoms with van der Waals surface area (Å²) in [5.74, 6) is 0.